The molecule has 1 heterocycles. The highest BCUT2D eigenvalue weighted by molar-refractivity contribution is 8.12. The molecule has 0 unspecified atom stereocenters. The summed E-state index contributed by atoms with van der Waals surface area (Å²) in [5.41, 5.74) is 0.647. The molecule has 0 amide bonds. The molecule has 14 heavy (non-hydrogen) atoms. The van der Waals surface area contributed by atoms with Gasteiger partial charge in [-0.05, 0) is 0 Å². The second-order valence-corrected chi connectivity index (χ2v) is 4.77. The maximum atomic E-state index is 10.8. The number of hydrogen-bond donors (Lipinski definition) is 0. The Balaban J connectivity index is 2.95. The van der Waals surface area contributed by atoms with Gasteiger partial charge in [-0.15, -0.1) is 0 Å². The van der Waals surface area contributed by atoms with Crippen molar-refractivity contribution in [3.05, 3.63) is 27.0 Å². The average molecular weight is 271 g/mol. The highest BCUT2D eigenvalue weighted by atomic mass is 35.5. The largest absolute Gasteiger partial charge is 0.288 e. The highest BCUT2D eigenvalue weighted by Gasteiger charge is 2.11. The van der Waals surface area contributed by atoms with Crippen LogP contribution < -0.4 is 0 Å². The van der Waals surface area contributed by atoms with E-state index in [-0.39, 0.29) is 10.3 Å². The summed E-state index contributed by atoms with van der Waals surface area (Å²) in [4.78, 5) is 14.5. The standard InChI is InChI=1S/C8H6Cl3NOS/c1-4(13)14-3-5-6(9)2-12-8(11)7(5)10/h2H,3H2,1H3. The molecule has 2 nitrogen and oxygen atoms in total. The molecule has 0 aliphatic rings. The van der Waals surface area contributed by atoms with Crippen LogP contribution in [0.3, 0.4) is 0 Å². The summed E-state index contributed by atoms with van der Waals surface area (Å²) in [6, 6.07) is 0. The predicted molar refractivity (Wildman–Crippen MR) is 61.2 cm³/mol. The Morgan fingerprint density at radius 1 is 1.50 bits per heavy atom. The quantitative estimate of drug-likeness (QED) is 0.765. The fourth-order valence-corrected chi connectivity index (χ4v) is 2.23. The van der Waals surface area contributed by atoms with Gasteiger partial charge in [0.05, 0.1) is 10.0 Å². The maximum Gasteiger partial charge on any atom is 0.186 e. The minimum atomic E-state index is 0.00469. The van der Waals surface area contributed by atoms with Gasteiger partial charge in [-0.1, -0.05) is 46.6 Å². The van der Waals surface area contributed by atoms with Crippen LogP contribution in [0.2, 0.25) is 15.2 Å². The number of carbonyl (C=O) groups excluding carboxylic acids is 1. The van der Waals surface area contributed by atoms with E-state index in [1.54, 1.807) is 0 Å². The number of halogens is 3. The Labute approximate surface area is 101 Å². The molecule has 0 fully saturated rings. The van der Waals surface area contributed by atoms with Gasteiger partial charge in [0.15, 0.2) is 5.12 Å². The Kier molecular flexibility index (Phi) is 4.51. The zero-order valence-electron chi connectivity index (χ0n) is 7.18. The summed E-state index contributed by atoms with van der Waals surface area (Å²) in [6.07, 6.45) is 1.42. The van der Waals surface area contributed by atoms with Crippen molar-refractivity contribution in [1.82, 2.24) is 4.98 Å². The maximum absolute atomic E-state index is 10.8. The lowest BCUT2D eigenvalue weighted by Gasteiger charge is -2.05. The van der Waals surface area contributed by atoms with Gasteiger partial charge in [-0.3, -0.25) is 4.79 Å². The van der Waals surface area contributed by atoms with Crippen LogP contribution in [-0.4, -0.2) is 10.1 Å². The molecule has 1 aromatic heterocycles. The molecule has 0 spiro atoms. The van der Waals surface area contributed by atoms with Crippen LogP contribution in [0.5, 0.6) is 0 Å². The summed E-state index contributed by atoms with van der Waals surface area (Å²) in [7, 11) is 0. The van der Waals surface area contributed by atoms with Crippen molar-refractivity contribution >= 4 is 51.7 Å². The Morgan fingerprint density at radius 2 is 2.14 bits per heavy atom. The SMILES string of the molecule is CC(=O)SCc1c(Cl)cnc(Cl)c1Cl. The van der Waals surface area contributed by atoms with Crippen molar-refractivity contribution in [2.45, 2.75) is 12.7 Å². The van der Waals surface area contributed by atoms with Crippen LogP contribution >= 0.6 is 46.6 Å². The van der Waals surface area contributed by atoms with E-state index in [0.29, 0.717) is 21.4 Å². The molecular weight excluding hydrogens is 265 g/mol. The van der Waals surface area contributed by atoms with Crippen molar-refractivity contribution in [2.75, 3.05) is 0 Å². The monoisotopic (exact) mass is 269 g/mol. The zero-order valence-corrected chi connectivity index (χ0v) is 10.3. The van der Waals surface area contributed by atoms with Crippen LogP contribution in [0.15, 0.2) is 6.20 Å². The summed E-state index contributed by atoms with van der Waals surface area (Å²) in [5.74, 6) is 0.412. The van der Waals surface area contributed by atoms with E-state index >= 15 is 0 Å². The molecule has 1 aromatic rings. The minimum absolute atomic E-state index is 0.00469. The van der Waals surface area contributed by atoms with Crippen LogP contribution in [0.1, 0.15) is 12.5 Å². The molecule has 76 valence electrons. The molecule has 0 aromatic carbocycles. The van der Waals surface area contributed by atoms with Crippen molar-refractivity contribution in [3.63, 3.8) is 0 Å². The van der Waals surface area contributed by atoms with Gasteiger partial charge in [0.1, 0.15) is 5.15 Å². The van der Waals surface area contributed by atoms with Gasteiger partial charge in [-0.25, -0.2) is 4.98 Å². The van der Waals surface area contributed by atoms with E-state index in [1.807, 2.05) is 0 Å². The zero-order chi connectivity index (χ0) is 10.7. The molecule has 0 saturated carbocycles. The Hall–Kier alpha value is 0.0400. The van der Waals surface area contributed by atoms with Gasteiger partial charge in [0, 0.05) is 24.4 Å². The third-order valence-corrected chi connectivity index (χ3v) is 3.40. The number of carbonyl (C=O) groups is 1. The lowest BCUT2D eigenvalue weighted by Crippen LogP contribution is -1.91. The lowest BCUT2D eigenvalue weighted by atomic mass is 10.3. The highest BCUT2D eigenvalue weighted by Crippen LogP contribution is 2.32. The first kappa shape index (κ1) is 12.1. The summed E-state index contributed by atoms with van der Waals surface area (Å²) >= 11 is 18.6. The molecule has 0 bridgehead atoms. The molecule has 0 aliphatic carbocycles. The normalized spacial score (nSPS) is 10.3. The van der Waals surface area contributed by atoms with E-state index in [4.69, 9.17) is 34.8 Å². The predicted octanol–water partition coefficient (Wildman–Crippen LogP) is 3.82. The van der Waals surface area contributed by atoms with Crippen molar-refractivity contribution in [2.24, 2.45) is 0 Å². The molecule has 0 radical (unpaired) electrons. The first-order valence-corrected chi connectivity index (χ1v) is 5.76. The van der Waals surface area contributed by atoms with Crippen molar-refractivity contribution in [1.29, 1.82) is 0 Å². The van der Waals surface area contributed by atoms with Gasteiger partial charge >= 0.3 is 0 Å². The lowest BCUT2D eigenvalue weighted by molar-refractivity contribution is -0.109. The van der Waals surface area contributed by atoms with Gasteiger partial charge in [0.2, 0.25) is 0 Å². The first-order chi connectivity index (χ1) is 6.52. The van der Waals surface area contributed by atoms with Crippen molar-refractivity contribution in [3.8, 4) is 0 Å². The molecular formula is C8H6Cl3NOS. The number of hydrogen-bond acceptors (Lipinski definition) is 3. The molecule has 0 aliphatic heterocycles. The smallest absolute Gasteiger partial charge is 0.186 e. The molecule has 6 heteroatoms. The minimum Gasteiger partial charge on any atom is -0.288 e. The third kappa shape index (κ3) is 3.02. The molecule has 0 N–H and O–H groups in total. The Bertz CT molecular complexity index is 370. The molecule has 0 atom stereocenters. The van der Waals surface area contributed by atoms with E-state index < -0.39 is 0 Å². The average Bonchev–Trinajstić information content (AvgIpc) is 2.11. The number of rotatable bonds is 2. The number of thioether (sulfide) groups is 1. The van der Waals surface area contributed by atoms with Gasteiger partial charge in [-0.2, -0.15) is 0 Å². The van der Waals surface area contributed by atoms with Gasteiger partial charge in [0.25, 0.3) is 0 Å². The van der Waals surface area contributed by atoms with Crippen LogP contribution in [0.4, 0.5) is 0 Å². The number of pyridine rings is 1. The van der Waals surface area contributed by atoms with Crippen LogP contribution in [0.25, 0.3) is 0 Å². The summed E-state index contributed by atoms with van der Waals surface area (Å²) < 4.78 is 0. The van der Waals surface area contributed by atoms with E-state index in [1.165, 1.54) is 13.1 Å². The van der Waals surface area contributed by atoms with E-state index in [9.17, 15) is 4.79 Å². The number of nitrogens with zero attached hydrogens (tertiary/aromatic N) is 1. The first-order valence-electron chi connectivity index (χ1n) is 3.64. The Morgan fingerprint density at radius 3 is 2.71 bits per heavy atom. The summed E-state index contributed by atoms with van der Waals surface area (Å²) in [5, 5.41) is 0.946. The molecule has 1 rings (SSSR count). The second-order valence-electron chi connectivity index (χ2n) is 2.47. The van der Waals surface area contributed by atoms with Crippen LogP contribution in [-0.2, 0) is 10.5 Å². The fraction of sp³-hybridized carbons (Fsp3) is 0.250. The van der Waals surface area contributed by atoms with Crippen LogP contribution in [0, 0.1) is 0 Å². The number of aromatic nitrogens is 1. The molecule has 0 saturated heterocycles. The van der Waals surface area contributed by atoms with Gasteiger partial charge < -0.3 is 0 Å². The van der Waals surface area contributed by atoms with E-state index in [0.717, 1.165) is 11.8 Å². The van der Waals surface area contributed by atoms with Crippen molar-refractivity contribution < 1.29 is 4.79 Å². The fourth-order valence-electron chi connectivity index (χ4n) is 0.783. The summed E-state index contributed by atoms with van der Waals surface area (Å²) in [6.45, 7) is 1.48. The topological polar surface area (TPSA) is 30.0 Å². The van der Waals surface area contributed by atoms with E-state index in [2.05, 4.69) is 4.98 Å². The third-order valence-electron chi connectivity index (χ3n) is 1.45. The second kappa shape index (κ2) is 5.21.